The van der Waals surface area contributed by atoms with Gasteiger partial charge in [-0.15, -0.1) is 0 Å². The number of aliphatic imine (C=N–C) groups is 1. The van der Waals surface area contributed by atoms with E-state index < -0.39 is 0 Å². The number of anilines is 1. The smallest absolute Gasteiger partial charge is 0.210 e. The molecule has 1 fully saturated rings. The van der Waals surface area contributed by atoms with Gasteiger partial charge < -0.3 is 5.32 Å². The molecule has 1 aromatic heterocycles. The number of guanidine groups is 1. The molecule has 1 aliphatic carbocycles. The number of hydrogen-bond acceptors (Lipinski definition) is 3. The van der Waals surface area contributed by atoms with Gasteiger partial charge in [0, 0.05) is 6.20 Å². The summed E-state index contributed by atoms with van der Waals surface area (Å²) >= 11 is 0. The molecular formula is C10H15N5. The Balaban J connectivity index is 2.09. The van der Waals surface area contributed by atoms with Crippen LogP contribution < -0.4 is 16.6 Å². The predicted octanol–water partition coefficient (Wildman–Crippen LogP) is 0.784. The molecule has 1 aliphatic rings. The van der Waals surface area contributed by atoms with Crippen LogP contribution in [0.1, 0.15) is 18.5 Å². The highest BCUT2D eigenvalue weighted by Gasteiger charge is 2.21. The van der Waals surface area contributed by atoms with Crippen molar-refractivity contribution < 1.29 is 0 Å². The molecule has 2 rings (SSSR count). The Kier molecular flexibility index (Phi) is 2.82. The highest BCUT2D eigenvalue weighted by molar-refractivity contribution is 5.93. The van der Waals surface area contributed by atoms with E-state index in [0.717, 1.165) is 24.2 Å². The van der Waals surface area contributed by atoms with Gasteiger partial charge in [0.15, 0.2) is 0 Å². The number of hydrazine groups is 1. The molecule has 4 N–H and O–H groups in total. The van der Waals surface area contributed by atoms with Gasteiger partial charge in [0.1, 0.15) is 0 Å². The van der Waals surface area contributed by atoms with Crippen molar-refractivity contribution in [1.29, 1.82) is 0 Å². The molecule has 0 amide bonds. The van der Waals surface area contributed by atoms with Crippen molar-refractivity contribution in [2.45, 2.75) is 25.8 Å². The summed E-state index contributed by atoms with van der Waals surface area (Å²) in [5.41, 5.74) is 4.41. The quantitative estimate of drug-likeness (QED) is 0.289. The predicted molar refractivity (Wildman–Crippen MR) is 60.4 cm³/mol. The van der Waals surface area contributed by atoms with Crippen molar-refractivity contribution in [3.8, 4) is 0 Å². The van der Waals surface area contributed by atoms with Crippen molar-refractivity contribution in [3.63, 3.8) is 0 Å². The normalized spacial score (nSPS) is 16.3. The number of nitrogens with one attached hydrogen (secondary N) is 2. The summed E-state index contributed by atoms with van der Waals surface area (Å²) < 4.78 is 0. The maximum atomic E-state index is 5.38. The molecular weight excluding hydrogens is 190 g/mol. The van der Waals surface area contributed by atoms with Crippen LogP contribution in [0.25, 0.3) is 0 Å². The van der Waals surface area contributed by atoms with E-state index >= 15 is 0 Å². The van der Waals surface area contributed by atoms with Gasteiger partial charge in [-0.1, -0.05) is 0 Å². The number of nitrogens with two attached hydrogens (primary N) is 1. The number of aromatic nitrogens is 1. The lowest BCUT2D eigenvalue weighted by Gasteiger charge is -2.10. The van der Waals surface area contributed by atoms with Crippen molar-refractivity contribution in [2.24, 2.45) is 10.8 Å². The van der Waals surface area contributed by atoms with Crippen LogP contribution in [0.5, 0.6) is 0 Å². The number of aryl methyl sites for hydroxylation is 1. The lowest BCUT2D eigenvalue weighted by molar-refractivity contribution is 0.965. The lowest BCUT2D eigenvalue weighted by Crippen LogP contribution is -2.36. The average molecular weight is 205 g/mol. The third kappa shape index (κ3) is 2.66. The molecule has 1 aromatic rings. The summed E-state index contributed by atoms with van der Waals surface area (Å²) in [5, 5.41) is 3.12. The zero-order chi connectivity index (χ0) is 10.7. The summed E-state index contributed by atoms with van der Waals surface area (Å²) in [4.78, 5) is 8.56. The number of rotatable bonds is 2. The minimum absolute atomic E-state index is 0.431. The van der Waals surface area contributed by atoms with Crippen LogP contribution >= 0.6 is 0 Å². The number of pyridine rings is 1. The van der Waals surface area contributed by atoms with Gasteiger partial charge in [0.25, 0.3) is 0 Å². The molecule has 1 saturated carbocycles. The van der Waals surface area contributed by atoms with Crippen LogP contribution in [0, 0.1) is 6.92 Å². The van der Waals surface area contributed by atoms with Gasteiger partial charge in [0.05, 0.1) is 17.4 Å². The van der Waals surface area contributed by atoms with Gasteiger partial charge in [-0.3, -0.25) is 10.4 Å². The maximum Gasteiger partial charge on any atom is 0.210 e. The van der Waals surface area contributed by atoms with Crippen LogP contribution in [0.4, 0.5) is 5.69 Å². The largest absolute Gasteiger partial charge is 0.324 e. The second-order valence-corrected chi connectivity index (χ2v) is 3.61. The summed E-state index contributed by atoms with van der Waals surface area (Å²) in [6, 6.07) is 4.25. The maximum absolute atomic E-state index is 5.38. The Morgan fingerprint density at radius 1 is 1.60 bits per heavy atom. The molecule has 0 aromatic carbocycles. The van der Waals surface area contributed by atoms with Crippen LogP contribution in [-0.2, 0) is 0 Å². The fraction of sp³-hybridized carbons (Fsp3) is 0.400. The zero-order valence-corrected chi connectivity index (χ0v) is 8.70. The topological polar surface area (TPSA) is 75.3 Å². The molecule has 0 atom stereocenters. The lowest BCUT2D eigenvalue weighted by atomic mass is 10.3. The molecule has 15 heavy (non-hydrogen) atoms. The van der Waals surface area contributed by atoms with Gasteiger partial charge in [-0.05, 0) is 31.9 Å². The molecule has 0 spiro atoms. The van der Waals surface area contributed by atoms with E-state index in [2.05, 4.69) is 20.7 Å². The first-order valence-corrected chi connectivity index (χ1v) is 5.02. The Morgan fingerprint density at radius 2 is 2.40 bits per heavy atom. The first-order valence-electron chi connectivity index (χ1n) is 5.02. The van der Waals surface area contributed by atoms with Crippen molar-refractivity contribution in [1.82, 2.24) is 10.4 Å². The Morgan fingerprint density at radius 3 is 3.00 bits per heavy atom. The van der Waals surface area contributed by atoms with Crippen LogP contribution in [0.3, 0.4) is 0 Å². The first kappa shape index (κ1) is 9.92. The second kappa shape index (κ2) is 4.27. The SMILES string of the molecule is Cc1ncccc1NC(=NC1CC1)NN. The number of hydrogen-bond donors (Lipinski definition) is 3. The second-order valence-electron chi connectivity index (χ2n) is 3.61. The third-order valence-electron chi connectivity index (χ3n) is 2.26. The van der Waals surface area contributed by atoms with Crippen LogP contribution in [0.15, 0.2) is 23.3 Å². The molecule has 0 unspecified atom stereocenters. The Labute approximate surface area is 88.8 Å². The summed E-state index contributed by atoms with van der Waals surface area (Å²) in [7, 11) is 0. The van der Waals surface area contributed by atoms with E-state index in [-0.39, 0.29) is 0 Å². The highest BCUT2D eigenvalue weighted by atomic mass is 15.3. The Hall–Kier alpha value is -1.62. The minimum Gasteiger partial charge on any atom is -0.324 e. The number of nitrogens with zero attached hydrogens (tertiary/aromatic N) is 2. The van der Waals surface area contributed by atoms with Crippen molar-refractivity contribution in [3.05, 3.63) is 24.0 Å². The molecule has 0 aliphatic heterocycles. The van der Waals surface area contributed by atoms with Crippen LogP contribution in [-0.4, -0.2) is 17.0 Å². The summed E-state index contributed by atoms with van der Waals surface area (Å²) in [6.07, 6.45) is 4.06. The molecule has 5 heteroatoms. The molecule has 5 nitrogen and oxygen atoms in total. The molecule has 1 heterocycles. The van der Waals surface area contributed by atoms with Gasteiger partial charge in [0.2, 0.25) is 5.96 Å². The van der Waals surface area contributed by atoms with Crippen molar-refractivity contribution in [2.75, 3.05) is 5.32 Å². The monoisotopic (exact) mass is 205 g/mol. The summed E-state index contributed by atoms with van der Waals surface area (Å²) in [5.74, 6) is 5.99. The highest BCUT2D eigenvalue weighted by Crippen LogP contribution is 2.23. The van der Waals surface area contributed by atoms with Crippen LogP contribution in [0.2, 0.25) is 0 Å². The first-order chi connectivity index (χ1) is 7.29. The molecule has 0 radical (unpaired) electrons. The molecule has 0 bridgehead atoms. The molecule has 0 saturated heterocycles. The standard InChI is InChI=1S/C10H15N5/c1-7-9(3-2-6-12-7)14-10(15-11)13-8-4-5-8/h2-3,6,8H,4-5,11H2,1H3,(H2,13,14,15). The van der Waals surface area contributed by atoms with E-state index in [1.807, 2.05) is 19.1 Å². The van der Waals surface area contributed by atoms with E-state index in [0.29, 0.717) is 12.0 Å². The van der Waals surface area contributed by atoms with Gasteiger partial charge in [-0.2, -0.15) is 0 Å². The average Bonchev–Trinajstić information content (AvgIpc) is 3.04. The third-order valence-corrected chi connectivity index (χ3v) is 2.26. The van der Waals surface area contributed by atoms with Crippen molar-refractivity contribution >= 4 is 11.6 Å². The zero-order valence-electron chi connectivity index (χ0n) is 8.70. The van der Waals surface area contributed by atoms with E-state index in [4.69, 9.17) is 5.84 Å². The molecule has 80 valence electrons. The van der Waals surface area contributed by atoms with Gasteiger partial charge >= 0.3 is 0 Å². The Bertz CT molecular complexity index is 370. The minimum atomic E-state index is 0.431. The van der Waals surface area contributed by atoms with Gasteiger partial charge in [-0.25, -0.2) is 10.8 Å². The van der Waals surface area contributed by atoms with E-state index in [1.165, 1.54) is 0 Å². The van der Waals surface area contributed by atoms with E-state index in [9.17, 15) is 0 Å². The summed E-state index contributed by atoms with van der Waals surface area (Å²) in [6.45, 7) is 1.94. The fourth-order valence-corrected chi connectivity index (χ4v) is 1.24. The fourth-order valence-electron chi connectivity index (χ4n) is 1.24. The van der Waals surface area contributed by atoms with E-state index in [1.54, 1.807) is 6.20 Å².